The number of halogens is 2. The number of hydrogen-bond acceptors (Lipinski definition) is 9. The summed E-state index contributed by atoms with van der Waals surface area (Å²) in [4.78, 5) is 46.2. The Kier molecular flexibility index (Phi) is 16.5. The summed E-state index contributed by atoms with van der Waals surface area (Å²) in [6, 6.07) is 14.2. The fourth-order valence-corrected chi connectivity index (χ4v) is 5.51. The van der Waals surface area contributed by atoms with E-state index in [1.165, 1.54) is 36.5 Å². The van der Waals surface area contributed by atoms with Gasteiger partial charge in [-0.25, -0.2) is 23.2 Å². The maximum atomic E-state index is 14.1. The number of benzene rings is 2. The third-order valence-electron chi connectivity index (χ3n) is 8.01. The third kappa shape index (κ3) is 15.2. The van der Waals surface area contributed by atoms with Gasteiger partial charge in [0.15, 0.2) is 0 Å². The first-order valence-electron chi connectivity index (χ1n) is 17.8. The summed E-state index contributed by atoms with van der Waals surface area (Å²) < 4.78 is 44.8. The number of rotatable bonds is 8. The van der Waals surface area contributed by atoms with E-state index in [2.05, 4.69) is 36.6 Å². The number of amides is 5. The number of likely N-dealkylation sites (tertiary alicyclic amines) is 1. The Bertz CT molecular complexity index is 1940. The largest absolute Gasteiger partial charge is 0.489 e. The van der Waals surface area contributed by atoms with Crippen molar-refractivity contribution < 1.29 is 37.4 Å². The number of pyridine rings is 2. The molecule has 4 aromatic rings. The van der Waals surface area contributed by atoms with Gasteiger partial charge in [-0.05, 0) is 84.0 Å². The van der Waals surface area contributed by atoms with Crippen LogP contribution in [0.15, 0.2) is 73.1 Å². The minimum atomic E-state index is -0.575. The molecule has 0 spiro atoms. The van der Waals surface area contributed by atoms with Gasteiger partial charge in [0, 0.05) is 66.5 Å². The number of urea groups is 2. The van der Waals surface area contributed by atoms with Gasteiger partial charge in [0.2, 0.25) is 0 Å². The molecule has 5 N–H and O–H groups in total. The molecule has 0 unspecified atom stereocenters. The van der Waals surface area contributed by atoms with Gasteiger partial charge >= 0.3 is 18.2 Å². The van der Waals surface area contributed by atoms with Gasteiger partial charge in [-0.2, -0.15) is 0 Å². The second-order valence-corrected chi connectivity index (χ2v) is 14.1. The van der Waals surface area contributed by atoms with Gasteiger partial charge in [-0.15, -0.1) is 0 Å². The van der Waals surface area contributed by atoms with Crippen LogP contribution in [0.1, 0.15) is 59.9 Å². The SMILES string of the molecule is C.C.Cc1ccc(NC(=O)Nc2cc(F)cc(O[C@@H]3CCN(C(=O)OC(C)(C)C)C3)c2)cn1.Cc1ccc(NC(=O)Nc2cc(F)cc(O[C@@H]3CCNC3)c2)cn1. The molecule has 2 aromatic carbocycles. The normalized spacial score (nSPS) is 15.7. The first-order valence-corrected chi connectivity index (χ1v) is 17.8. The molecule has 0 aliphatic carbocycles. The molecule has 0 radical (unpaired) electrons. The van der Waals surface area contributed by atoms with Crippen LogP contribution in [0.3, 0.4) is 0 Å². The number of ether oxygens (including phenoxy) is 3. The maximum Gasteiger partial charge on any atom is 0.410 e. The van der Waals surface area contributed by atoms with Gasteiger partial charge in [-0.1, -0.05) is 14.9 Å². The zero-order valence-electron chi connectivity index (χ0n) is 31.4. The van der Waals surface area contributed by atoms with E-state index in [1.807, 2.05) is 34.6 Å². The fraction of sp³-hybridized carbons (Fsp3) is 0.390. The van der Waals surface area contributed by atoms with Crippen LogP contribution in [-0.4, -0.2) is 77.0 Å². The Morgan fingerprint density at radius 3 is 1.65 bits per heavy atom. The van der Waals surface area contributed by atoms with Crippen molar-refractivity contribution in [2.75, 3.05) is 47.4 Å². The molecule has 16 heteroatoms. The second-order valence-electron chi connectivity index (χ2n) is 14.1. The Morgan fingerprint density at radius 2 is 1.21 bits per heavy atom. The van der Waals surface area contributed by atoms with Crippen LogP contribution in [0.4, 0.5) is 45.9 Å². The van der Waals surface area contributed by atoms with Gasteiger partial charge < -0.3 is 45.7 Å². The van der Waals surface area contributed by atoms with Crippen LogP contribution in [0.2, 0.25) is 0 Å². The summed E-state index contributed by atoms with van der Waals surface area (Å²) in [7, 11) is 0. The zero-order valence-corrected chi connectivity index (χ0v) is 31.4. The number of aryl methyl sites for hydroxylation is 2. The number of hydrogen-bond donors (Lipinski definition) is 5. The van der Waals surface area contributed by atoms with E-state index in [0.717, 1.165) is 30.9 Å². The van der Waals surface area contributed by atoms with E-state index in [4.69, 9.17) is 14.2 Å². The van der Waals surface area contributed by atoms with E-state index in [1.54, 1.807) is 41.4 Å². The average molecular weight is 793 g/mol. The molecule has 0 bridgehead atoms. The lowest BCUT2D eigenvalue weighted by Gasteiger charge is -2.24. The summed E-state index contributed by atoms with van der Waals surface area (Å²) in [5, 5.41) is 13.6. The number of anilines is 4. The minimum absolute atomic E-state index is 0. The Labute approximate surface area is 333 Å². The molecule has 2 atom stereocenters. The summed E-state index contributed by atoms with van der Waals surface area (Å²) >= 11 is 0. The molecule has 2 fully saturated rings. The zero-order chi connectivity index (χ0) is 39.5. The molecule has 57 heavy (non-hydrogen) atoms. The molecule has 2 saturated heterocycles. The molecule has 14 nitrogen and oxygen atoms in total. The highest BCUT2D eigenvalue weighted by atomic mass is 19.1. The number of aromatic nitrogens is 2. The monoisotopic (exact) mass is 792 g/mol. The first kappa shape index (κ1) is 45.4. The smallest absolute Gasteiger partial charge is 0.410 e. The number of carbonyl (C=O) groups is 3. The van der Waals surface area contributed by atoms with E-state index in [0.29, 0.717) is 42.3 Å². The lowest BCUT2D eigenvalue weighted by atomic mass is 10.2. The van der Waals surface area contributed by atoms with Gasteiger partial charge in [0.05, 0.1) is 30.3 Å². The molecular weight excluding hydrogens is 738 g/mol. The van der Waals surface area contributed by atoms with Crippen LogP contribution in [0.25, 0.3) is 0 Å². The van der Waals surface area contributed by atoms with Crippen molar-refractivity contribution in [3.8, 4) is 11.5 Å². The molecule has 308 valence electrons. The van der Waals surface area contributed by atoms with E-state index < -0.39 is 35.4 Å². The Balaban J connectivity index is 0.000000303. The van der Waals surface area contributed by atoms with Gasteiger partial charge in [0.25, 0.3) is 0 Å². The van der Waals surface area contributed by atoms with Gasteiger partial charge in [0.1, 0.15) is 40.9 Å². The summed E-state index contributed by atoms with van der Waals surface area (Å²) in [5.74, 6) is -0.350. The van der Waals surface area contributed by atoms with E-state index in [-0.39, 0.29) is 38.5 Å². The highest BCUT2D eigenvalue weighted by molar-refractivity contribution is 6.00. The maximum absolute atomic E-state index is 14.1. The van der Waals surface area contributed by atoms with Crippen LogP contribution >= 0.6 is 0 Å². The predicted octanol–water partition coefficient (Wildman–Crippen LogP) is 8.75. The Hall–Kier alpha value is -6.03. The van der Waals surface area contributed by atoms with Crippen molar-refractivity contribution >= 4 is 40.9 Å². The van der Waals surface area contributed by atoms with Crippen molar-refractivity contribution in [2.24, 2.45) is 0 Å². The molecule has 2 aliphatic rings. The fourth-order valence-electron chi connectivity index (χ4n) is 5.51. The molecule has 5 amide bonds. The van der Waals surface area contributed by atoms with Crippen LogP contribution < -0.4 is 36.1 Å². The standard InChI is InChI=1S/C22H27FN4O4.C17H19FN4O2.2CH4/c1-14-5-6-16(12-24-14)25-20(28)26-17-9-15(23)10-19(11-17)30-18-7-8-27(13-18)21(29)31-22(2,3)4;1-11-2-3-13(9-20-11)21-17(23)22-14-6-12(18)7-16(8-14)24-15-4-5-19-10-15;;/h5-6,9-12,18H,7-8,13H2,1-4H3,(H2,25,26,28);2-3,6-9,15,19H,4-5,10H2,1H3,(H2,21,22,23);2*1H4/t18-;15-;;/m11../s1. The van der Waals surface area contributed by atoms with E-state index >= 15 is 0 Å². The minimum Gasteiger partial charge on any atom is -0.489 e. The highest BCUT2D eigenvalue weighted by Gasteiger charge is 2.31. The van der Waals surface area contributed by atoms with Crippen LogP contribution in [0, 0.1) is 25.5 Å². The molecule has 0 saturated carbocycles. The third-order valence-corrected chi connectivity index (χ3v) is 8.01. The molecule has 2 aromatic heterocycles. The molecule has 2 aliphatic heterocycles. The van der Waals surface area contributed by atoms with Gasteiger partial charge in [-0.3, -0.25) is 9.97 Å². The van der Waals surface area contributed by atoms with Crippen molar-refractivity contribution in [1.82, 2.24) is 20.2 Å². The molecular formula is C41H54F2N8O6. The number of carbonyl (C=O) groups excluding carboxylic acids is 3. The summed E-state index contributed by atoms with van der Waals surface area (Å²) in [6.45, 7) is 11.6. The predicted molar refractivity (Wildman–Crippen MR) is 218 cm³/mol. The molecule has 6 rings (SSSR count). The van der Waals surface area contributed by atoms with Crippen molar-refractivity contribution in [3.05, 3.63) is 96.1 Å². The second kappa shape index (κ2) is 20.8. The molecule has 4 heterocycles. The lowest BCUT2D eigenvalue weighted by molar-refractivity contribution is 0.0275. The number of nitrogens with one attached hydrogen (secondary N) is 5. The van der Waals surface area contributed by atoms with Crippen LogP contribution in [-0.2, 0) is 4.74 Å². The Morgan fingerprint density at radius 1 is 0.719 bits per heavy atom. The van der Waals surface area contributed by atoms with Crippen molar-refractivity contribution in [1.29, 1.82) is 0 Å². The van der Waals surface area contributed by atoms with Crippen molar-refractivity contribution in [2.45, 2.75) is 80.1 Å². The highest BCUT2D eigenvalue weighted by Crippen LogP contribution is 2.26. The van der Waals surface area contributed by atoms with Crippen LogP contribution in [0.5, 0.6) is 11.5 Å². The summed E-state index contributed by atoms with van der Waals surface area (Å²) in [6.07, 6.45) is 3.89. The summed E-state index contributed by atoms with van der Waals surface area (Å²) in [5.41, 5.74) is 2.76. The topological polar surface area (TPSA) is 168 Å². The lowest BCUT2D eigenvalue weighted by Crippen LogP contribution is -2.36. The van der Waals surface area contributed by atoms with E-state index in [9.17, 15) is 23.2 Å². The first-order chi connectivity index (χ1) is 26.2. The van der Waals surface area contributed by atoms with Crippen molar-refractivity contribution in [3.63, 3.8) is 0 Å². The average Bonchev–Trinajstić information content (AvgIpc) is 3.78. The quantitative estimate of drug-likeness (QED) is 0.117. The number of nitrogens with zero attached hydrogens (tertiary/aromatic N) is 3.